The summed E-state index contributed by atoms with van der Waals surface area (Å²) >= 11 is 3.54. The molecule has 0 N–H and O–H groups in total. The van der Waals surface area contributed by atoms with E-state index < -0.39 is 0 Å². The Kier molecular flexibility index (Phi) is 5.71. The van der Waals surface area contributed by atoms with Crippen LogP contribution in [0, 0.1) is 0 Å². The van der Waals surface area contributed by atoms with Crippen LogP contribution < -0.4 is 0 Å². The zero-order valence-corrected chi connectivity index (χ0v) is 12.8. The van der Waals surface area contributed by atoms with Crippen LogP contribution in [-0.4, -0.2) is 18.0 Å². The Morgan fingerprint density at radius 2 is 2.17 bits per heavy atom. The number of halogens is 1. The van der Waals surface area contributed by atoms with E-state index in [9.17, 15) is 0 Å². The highest BCUT2D eigenvalue weighted by Gasteiger charge is 2.19. The summed E-state index contributed by atoms with van der Waals surface area (Å²) in [6, 6.07) is 8.84. The third-order valence-electron chi connectivity index (χ3n) is 3.84. The number of ether oxygens (including phenoxy) is 1. The van der Waals surface area contributed by atoms with Crippen molar-refractivity contribution in [2.45, 2.75) is 51.0 Å². The largest absolute Gasteiger partial charge is 0.378 e. The predicted octanol–water partition coefficient (Wildman–Crippen LogP) is 4.69. The number of benzene rings is 1. The van der Waals surface area contributed by atoms with E-state index in [2.05, 4.69) is 47.1 Å². The molecule has 1 heterocycles. The SMILES string of the molecule is CC(CC1CCCCO1)c1ccccc1CCBr. The van der Waals surface area contributed by atoms with Gasteiger partial charge in [0, 0.05) is 11.9 Å². The minimum atomic E-state index is 0.478. The van der Waals surface area contributed by atoms with Gasteiger partial charge < -0.3 is 4.74 Å². The van der Waals surface area contributed by atoms with Crippen LogP contribution in [0.1, 0.15) is 49.7 Å². The molecular weight excluding hydrogens is 288 g/mol. The zero-order valence-electron chi connectivity index (χ0n) is 11.2. The molecule has 0 spiro atoms. The second-order valence-corrected chi connectivity index (χ2v) is 6.06. The molecule has 1 aromatic rings. The van der Waals surface area contributed by atoms with E-state index in [1.54, 1.807) is 0 Å². The molecule has 18 heavy (non-hydrogen) atoms. The average molecular weight is 311 g/mol. The monoisotopic (exact) mass is 310 g/mol. The molecule has 2 heteroatoms. The highest BCUT2D eigenvalue weighted by molar-refractivity contribution is 9.09. The Bertz CT molecular complexity index is 358. The van der Waals surface area contributed by atoms with Gasteiger partial charge in [0.05, 0.1) is 6.10 Å². The molecule has 2 rings (SSSR count). The predicted molar refractivity (Wildman–Crippen MR) is 80.6 cm³/mol. The van der Waals surface area contributed by atoms with Crippen LogP contribution in [0.2, 0.25) is 0 Å². The lowest BCUT2D eigenvalue weighted by atomic mass is 9.88. The molecule has 1 fully saturated rings. The maximum atomic E-state index is 5.86. The first-order valence-electron chi connectivity index (χ1n) is 7.06. The smallest absolute Gasteiger partial charge is 0.0580 e. The van der Waals surface area contributed by atoms with Crippen molar-refractivity contribution in [2.24, 2.45) is 0 Å². The van der Waals surface area contributed by atoms with Crippen molar-refractivity contribution in [2.75, 3.05) is 11.9 Å². The fraction of sp³-hybridized carbons (Fsp3) is 0.625. The molecule has 1 saturated heterocycles. The average Bonchev–Trinajstić information content (AvgIpc) is 2.41. The molecular formula is C16H23BrO. The Balaban J connectivity index is 2.00. The number of alkyl halides is 1. The minimum Gasteiger partial charge on any atom is -0.378 e. The molecule has 1 nitrogen and oxygen atoms in total. The highest BCUT2D eigenvalue weighted by Crippen LogP contribution is 2.28. The maximum Gasteiger partial charge on any atom is 0.0580 e. The van der Waals surface area contributed by atoms with Gasteiger partial charge in [-0.25, -0.2) is 0 Å². The molecule has 0 aliphatic carbocycles. The van der Waals surface area contributed by atoms with Crippen molar-refractivity contribution in [3.63, 3.8) is 0 Å². The van der Waals surface area contributed by atoms with E-state index >= 15 is 0 Å². The van der Waals surface area contributed by atoms with Gasteiger partial charge in [-0.05, 0) is 49.1 Å². The van der Waals surface area contributed by atoms with Crippen molar-refractivity contribution in [3.8, 4) is 0 Å². The quantitative estimate of drug-likeness (QED) is 0.717. The van der Waals surface area contributed by atoms with Crippen LogP contribution in [0.4, 0.5) is 0 Å². The summed E-state index contributed by atoms with van der Waals surface area (Å²) in [6.07, 6.45) is 6.58. The van der Waals surface area contributed by atoms with Crippen LogP contribution in [0.5, 0.6) is 0 Å². The van der Waals surface area contributed by atoms with E-state index in [0.29, 0.717) is 12.0 Å². The van der Waals surface area contributed by atoms with Gasteiger partial charge >= 0.3 is 0 Å². The molecule has 1 aliphatic heterocycles. The first kappa shape index (κ1) is 14.1. The topological polar surface area (TPSA) is 9.23 Å². The second kappa shape index (κ2) is 7.30. The van der Waals surface area contributed by atoms with Gasteiger partial charge in [0.1, 0.15) is 0 Å². The molecule has 0 bridgehead atoms. The van der Waals surface area contributed by atoms with E-state index in [0.717, 1.165) is 18.4 Å². The van der Waals surface area contributed by atoms with E-state index in [-0.39, 0.29) is 0 Å². The second-order valence-electron chi connectivity index (χ2n) is 5.26. The van der Waals surface area contributed by atoms with Crippen LogP contribution >= 0.6 is 15.9 Å². The van der Waals surface area contributed by atoms with Gasteiger partial charge in [0.25, 0.3) is 0 Å². The third-order valence-corrected chi connectivity index (χ3v) is 4.24. The first-order chi connectivity index (χ1) is 8.81. The van der Waals surface area contributed by atoms with Crippen molar-refractivity contribution in [1.82, 2.24) is 0 Å². The summed E-state index contributed by atoms with van der Waals surface area (Å²) in [5.74, 6) is 0.600. The van der Waals surface area contributed by atoms with Gasteiger partial charge in [-0.15, -0.1) is 0 Å². The summed E-state index contributed by atoms with van der Waals surface area (Å²) in [4.78, 5) is 0. The summed E-state index contributed by atoms with van der Waals surface area (Å²) in [6.45, 7) is 3.30. The Morgan fingerprint density at radius 3 is 2.89 bits per heavy atom. The molecule has 2 atom stereocenters. The number of hydrogen-bond acceptors (Lipinski definition) is 1. The van der Waals surface area contributed by atoms with E-state index in [1.807, 2.05) is 0 Å². The lowest BCUT2D eigenvalue weighted by molar-refractivity contribution is 0.00788. The summed E-state index contributed by atoms with van der Waals surface area (Å²) in [5.41, 5.74) is 2.99. The zero-order chi connectivity index (χ0) is 12.8. The van der Waals surface area contributed by atoms with Crippen molar-refractivity contribution in [1.29, 1.82) is 0 Å². The normalized spacial score (nSPS) is 21.8. The minimum absolute atomic E-state index is 0.478. The van der Waals surface area contributed by atoms with Gasteiger partial charge in [0.2, 0.25) is 0 Å². The molecule has 0 amide bonds. The van der Waals surface area contributed by atoms with Crippen molar-refractivity contribution in [3.05, 3.63) is 35.4 Å². The highest BCUT2D eigenvalue weighted by atomic mass is 79.9. The van der Waals surface area contributed by atoms with Crippen LogP contribution in [0.3, 0.4) is 0 Å². The number of rotatable bonds is 5. The standard InChI is InChI=1S/C16H23BrO/c1-13(12-15-7-4-5-11-18-15)16-8-3-2-6-14(16)9-10-17/h2-3,6,8,13,15H,4-5,7,9-12H2,1H3. The molecule has 0 saturated carbocycles. The number of hydrogen-bond donors (Lipinski definition) is 0. The van der Waals surface area contributed by atoms with Gasteiger partial charge in [0.15, 0.2) is 0 Å². The molecule has 100 valence electrons. The fourth-order valence-electron chi connectivity index (χ4n) is 2.86. The Hall–Kier alpha value is -0.340. The molecule has 0 radical (unpaired) electrons. The molecule has 1 aromatic carbocycles. The van der Waals surface area contributed by atoms with Crippen molar-refractivity contribution < 1.29 is 4.74 Å². The van der Waals surface area contributed by atoms with E-state index in [1.165, 1.54) is 36.8 Å². The number of aryl methyl sites for hydroxylation is 1. The van der Waals surface area contributed by atoms with Crippen LogP contribution in [0.15, 0.2) is 24.3 Å². The first-order valence-corrected chi connectivity index (χ1v) is 8.18. The summed E-state index contributed by atoms with van der Waals surface area (Å²) in [7, 11) is 0. The molecule has 1 aliphatic rings. The Morgan fingerprint density at radius 1 is 1.33 bits per heavy atom. The fourth-order valence-corrected chi connectivity index (χ4v) is 3.29. The van der Waals surface area contributed by atoms with E-state index in [4.69, 9.17) is 4.74 Å². The summed E-state index contributed by atoms with van der Waals surface area (Å²) < 4.78 is 5.86. The lowest BCUT2D eigenvalue weighted by Gasteiger charge is -2.26. The third kappa shape index (κ3) is 3.83. The lowest BCUT2D eigenvalue weighted by Crippen LogP contribution is -2.21. The van der Waals surface area contributed by atoms with Crippen LogP contribution in [0.25, 0.3) is 0 Å². The van der Waals surface area contributed by atoms with Crippen LogP contribution in [-0.2, 0) is 11.2 Å². The summed E-state index contributed by atoms with van der Waals surface area (Å²) in [5, 5.41) is 1.04. The van der Waals surface area contributed by atoms with Crippen molar-refractivity contribution >= 4 is 15.9 Å². The molecule has 0 aromatic heterocycles. The van der Waals surface area contributed by atoms with Gasteiger partial charge in [-0.1, -0.05) is 47.1 Å². The van der Waals surface area contributed by atoms with Gasteiger partial charge in [-0.2, -0.15) is 0 Å². The van der Waals surface area contributed by atoms with Gasteiger partial charge in [-0.3, -0.25) is 0 Å². The maximum absolute atomic E-state index is 5.86. The Labute approximate surface area is 119 Å². The molecule has 2 unspecified atom stereocenters.